The molecule has 0 bridgehead atoms. The van der Waals surface area contributed by atoms with Crippen LogP contribution in [0.4, 0.5) is 4.39 Å². The zero-order chi connectivity index (χ0) is 10.8. The van der Waals surface area contributed by atoms with E-state index in [4.69, 9.17) is 0 Å². The van der Waals surface area contributed by atoms with Gasteiger partial charge in [0.1, 0.15) is 11.9 Å². The summed E-state index contributed by atoms with van der Waals surface area (Å²) in [6.45, 7) is 0. The molecule has 1 heterocycles. The van der Waals surface area contributed by atoms with Crippen LogP contribution in [0.1, 0.15) is 18.0 Å². The molecule has 0 amide bonds. The van der Waals surface area contributed by atoms with Crippen LogP contribution in [0, 0.1) is 5.82 Å². The van der Waals surface area contributed by atoms with Crippen molar-refractivity contribution < 1.29 is 13.9 Å². The van der Waals surface area contributed by atoms with Crippen molar-refractivity contribution in [3.05, 3.63) is 35.6 Å². The van der Waals surface area contributed by atoms with E-state index < -0.39 is 0 Å². The molecular formula is C11H12FNO2. The lowest BCUT2D eigenvalue weighted by molar-refractivity contribution is -0.146. The molecule has 2 rings (SSSR count). The van der Waals surface area contributed by atoms with Crippen molar-refractivity contribution in [1.82, 2.24) is 5.32 Å². The third kappa shape index (κ3) is 1.99. The predicted molar refractivity (Wildman–Crippen MR) is 52.7 cm³/mol. The number of carbonyl (C=O) groups is 1. The fraction of sp³-hybridized carbons (Fsp3) is 0.364. The van der Waals surface area contributed by atoms with E-state index in [1.54, 1.807) is 6.07 Å². The topological polar surface area (TPSA) is 38.3 Å². The maximum atomic E-state index is 12.9. The summed E-state index contributed by atoms with van der Waals surface area (Å²) in [5.74, 6) is -0.515. The highest BCUT2D eigenvalue weighted by Gasteiger charge is 2.35. The van der Waals surface area contributed by atoms with Crippen molar-refractivity contribution in [2.45, 2.75) is 18.5 Å². The van der Waals surface area contributed by atoms with E-state index >= 15 is 0 Å². The fourth-order valence-corrected chi connectivity index (χ4v) is 1.72. The summed E-state index contributed by atoms with van der Waals surface area (Å²) in [6, 6.07) is 6.20. The first-order valence-electron chi connectivity index (χ1n) is 4.80. The van der Waals surface area contributed by atoms with Gasteiger partial charge in [-0.05, 0) is 24.1 Å². The van der Waals surface area contributed by atoms with Crippen LogP contribution >= 0.6 is 0 Å². The molecule has 4 heteroatoms. The van der Waals surface area contributed by atoms with Crippen molar-refractivity contribution in [3.63, 3.8) is 0 Å². The third-order valence-corrected chi connectivity index (χ3v) is 2.61. The molecular weight excluding hydrogens is 197 g/mol. The second-order valence-corrected chi connectivity index (χ2v) is 3.59. The zero-order valence-corrected chi connectivity index (χ0v) is 8.37. The number of ether oxygens (including phenoxy) is 1. The summed E-state index contributed by atoms with van der Waals surface area (Å²) in [5.41, 5.74) is 0.871. The first kappa shape index (κ1) is 10.1. The number of methoxy groups -OCH3 is 1. The number of rotatable bonds is 2. The molecule has 1 aliphatic rings. The van der Waals surface area contributed by atoms with Crippen molar-refractivity contribution in [3.8, 4) is 0 Å². The van der Waals surface area contributed by atoms with Gasteiger partial charge in [0, 0.05) is 6.04 Å². The molecule has 1 aromatic rings. The van der Waals surface area contributed by atoms with Crippen molar-refractivity contribution in [1.29, 1.82) is 0 Å². The van der Waals surface area contributed by atoms with Crippen LogP contribution in [0.3, 0.4) is 0 Å². The molecule has 3 nitrogen and oxygen atoms in total. The number of carbonyl (C=O) groups excluding carboxylic acids is 1. The quantitative estimate of drug-likeness (QED) is 0.748. The fourth-order valence-electron chi connectivity index (χ4n) is 1.72. The summed E-state index contributed by atoms with van der Waals surface area (Å²) < 4.78 is 17.5. The minimum Gasteiger partial charge on any atom is -0.468 e. The Kier molecular flexibility index (Phi) is 2.68. The Morgan fingerprint density at radius 2 is 2.33 bits per heavy atom. The Bertz CT molecular complexity index is 375. The van der Waals surface area contributed by atoms with E-state index in [2.05, 4.69) is 10.1 Å². The van der Waals surface area contributed by atoms with E-state index in [9.17, 15) is 9.18 Å². The van der Waals surface area contributed by atoms with Gasteiger partial charge in [0.25, 0.3) is 0 Å². The second-order valence-electron chi connectivity index (χ2n) is 3.59. The number of halogens is 1. The summed E-state index contributed by atoms with van der Waals surface area (Å²) in [5, 5.41) is 3.03. The molecule has 0 saturated carbocycles. The Balaban J connectivity index is 1.97. The normalized spacial score (nSPS) is 24.4. The Morgan fingerprint density at radius 3 is 2.93 bits per heavy atom. The highest BCUT2D eigenvalue weighted by Crippen LogP contribution is 2.28. The van der Waals surface area contributed by atoms with Gasteiger partial charge in [0.05, 0.1) is 7.11 Å². The van der Waals surface area contributed by atoms with Gasteiger partial charge in [-0.3, -0.25) is 10.1 Å². The Labute approximate surface area is 87.2 Å². The molecule has 0 radical (unpaired) electrons. The van der Waals surface area contributed by atoms with Gasteiger partial charge in [-0.1, -0.05) is 12.1 Å². The molecule has 1 N–H and O–H groups in total. The standard InChI is InChI=1S/C11H12FNO2/c1-15-11(14)10-6-9(13-10)7-3-2-4-8(12)5-7/h2-5,9-10,13H,6H2,1H3. The lowest BCUT2D eigenvalue weighted by Crippen LogP contribution is -2.51. The minimum atomic E-state index is -0.261. The van der Waals surface area contributed by atoms with Crippen LogP contribution in [0.15, 0.2) is 24.3 Å². The van der Waals surface area contributed by atoms with Crippen LogP contribution in [0.2, 0.25) is 0 Å². The van der Waals surface area contributed by atoms with Gasteiger partial charge in [-0.2, -0.15) is 0 Å². The van der Waals surface area contributed by atoms with E-state index in [0.717, 1.165) is 5.56 Å². The minimum absolute atomic E-state index is 0.0600. The number of esters is 1. The number of hydrogen-bond donors (Lipinski definition) is 1. The summed E-state index contributed by atoms with van der Waals surface area (Å²) in [4.78, 5) is 11.1. The van der Waals surface area contributed by atoms with Crippen molar-refractivity contribution in [2.75, 3.05) is 7.11 Å². The molecule has 0 spiro atoms. The maximum Gasteiger partial charge on any atom is 0.322 e. The average Bonchev–Trinajstić information content (AvgIpc) is 2.15. The van der Waals surface area contributed by atoms with Gasteiger partial charge in [0.15, 0.2) is 0 Å². The molecule has 2 atom stereocenters. The van der Waals surface area contributed by atoms with Crippen LogP contribution in [0.25, 0.3) is 0 Å². The molecule has 1 aromatic carbocycles. The van der Waals surface area contributed by atoms with E-state index in [1.165, 1.54) is 19.2 Å². The first-order valence-corrected chi connectivity index (χ1v) is 4.80. The molecule has 1 fully saturated rings. The van der Waals surface area contributed by atoms with Gasteiger partial charge < -0.3 is 4.74 Å². The number of hydrogen-bond acceptors (Lipinski definition) is 3. The average molecular weight is 209 g/mol. The molecule has 1 saturated heterocycles. The van der Waals surface area contributed by atoms with E-state index in [-0.39, 0.29) is 23.9 Å². The van der Waals surface area contributed by atoms with E-state index in [1.807, 2.05) is 6.07 Å². The molecule has 1 aliphatic heterocycles. The number of nitrogens with one attached hydrogen (secondary N) is 1. The van der Waals surface area contributed by atoms with Gasteiger partial charge >= 0.3 is 5.97 Å². The van der Waals surface area contributed by atoms with Gasteiger partial charge in [0.2, 0.25) is 0 Å². The third-order valence-electron chi connectivity index (χ3n) is 2.61. The van der Waals surface area contributed by atoms with Crippen molar-refractivity contribution >= 4 is 5.97 Å². The number of benzene rings is 1. The lowest BCUT2D eigenvalue weighted by Gasteiger charge is -2.35. The predicted octanol–water partition coefficient (Wildman–Crippen LogP) is 1.40. The summed E-state index contributed by atoms with van der Waals surface area (Å²) >= 11 is 0. The largest absolute Gasteiger partial charge is 0.468 e. The van der Waals surface area contributed by atoms with Crippen LogP contribution in [-0.2, 0) is 9.53 Å². The maximum absolute atomic E-state index is 12.9. The summed E-state index contributed by atoms with van der Waals surface area (Å²) in [7, 11) is 1.36. The van der Waals surface area contributed by atoms with Crippen LogP contribution in [-0.4, -0.2) is 19.1 Å². The summed E-state index contributed by atoms with van der Waals surface area (Å²) in [6.07, 6.45) is 0.663. The highest BCUT2D eigenvalue weighted by molar-refractivity contribution is 5.77. The zero-order valence-electron chi connectivity index (χ0n) is 8.37. The smallest absolute Gasteiger partial charge is 0.322 e. The first-order chi connectivity index (χ1) is 7.20. The molecule has 0 aromatic heterocycles. The Hall–Kier alpha value is -1.42. The van der Waals surface area contributed by atoms with Gasteiger partial charge in [-0.25, -0.2) is 4.39 Å². The monoisotopic (exact) mass is 209 g/mol. The SMILES string of the molecule is COC(=O)C1CC(c2cccc(F)c2)N1. The molecule has 0 aliphatic carbocycles. The van der Waals surface area contributed by atoms with Crippen molar-refractivity contribution in [2.24, 2.45) is 0 Å². The van der Waals surface area contributed by atoms with Crippen LogP contribution < -0.4 is 5.32 Å². The van der Waals surface area contributed by atoms with Crippen LogP contribution in [0.5, 0.6) is 0 Å². The van der Waals surface area contributed by atoms with E-state index in [0.29, 0.717) is 6.42 Å². The second kappa shape index (κ2) is 3.98. The van der Waals surface area contributed by atoms with Gasteiger partial charge in [-0.15, -0.1) is 0 Å². The Morgan fingerprint density at radius 1 is 1.60 bits per heavy atom. The lowest BCUT2D eigenvalue weighted by atomic mass is 9.91. The highest BCUT2D eigenvalue weighted by atomic mass is 19.1. The molecule has 15 heavy (non-hydrogen) atoms. The molecule has 80 valence electrons. The molecule has 2 unspecified atom stereocenters.